The Hall–Kier alpha value is -0.430. The summed E-state index contributed by atoms with van der Waals surface area (Å²) in [7, 11) is 0. The van der Waals surface area contributed by atoms with Crippen molar-refractivity contribution >= 4 is 22.6 Å². The minimum absolute atomic E-state index is 0.0400. The van der Waals surface area contributed by atoms with E-state index >= 15 is 0 Å². The zero-order valence-electron chi connectivity index (χ0n) is 16.9. The Morgan fingerprint density at radius 3 is 1.70 bits per heavy atom. The topological polar surface area (TPSA) is 49.7 Å². The van der Waals surface area contributed by atoms with Crippen LogP contribution in [0.2, 0.25) is 0 Å². The molecule has 0 rings (SSSR count). The molecule has 0 aromatic carbocycles. The monoisotopic (exact) mass is 490 g/mol. The highest BCUT2D eigenvalue weighted by Crippen LogP contribution is 2.14. The molecule has 1 atom stereocenters. The average molecular weight is 490 g/mol. The summed E-state index contributed by atoms with van der Waals surface area (Å²) in [6.07, 6.45) is 28.6. The van der Waals surface area contributed by atoms with Crippen LogP contribution in [0, 0.1) is 0 Å². The number of allylic oxidation sites excluding steroid dienone is 8. The minimum Gasteiger partial charge on any atom is -0.394 e. The van der Waals surface area contributed by atoms with Crippen molar-refractivity contribution in [2.24, 2.45) is 0 Å². The number of alkyl halides is 1. The van der Waals surface area contributed by atoms with E-state index < -0.39 is 6.10 Å². The molecule has 0 saturated heterocycles. The molecule has 0 amide bonds. The normalized spacial score (nSPS) is 14.0. The van der Waals surface area contributed by atoms with Crippen LogP contribution in [0.15, 0.2) is 48.6 Å². The number of aliphatic hydroxyl groups excluding tert-OH is 2. The zero-order valence-corrected chi connectivity index (χ0v) is 19.1. The molecule has 27 heavy (non-hydrogen) atoms. The lowest BCUT2D eigenvalue weighted by molar-refractivity contribution is -0.0280. The number of aliphatic hydroxyl groups is 2. The fourth-order valence-electron chi connectivity index (χ4n) is 2.38. The van der Waals surface area contributed by atoms with Crippen molar-refractivity contribution in [1.82, 2.24) is 0 Å². The molecule has 0 heterocycles. The Labute approximate surface area is 180 Å². The highest BCUT2D eigenvalue weighted by atomic mass is 127. The molecular weight excluding hydrogens is 451 g/mol. The Kier molecular flexibility index (Phi) is 21.5. The van der Waals surface area contributed by atoms with Gasteiger partial charge in [-0.15, -0.1) is 0 Å². The molecule has 0 aromatic rings. The van der Waals surface area contributed by atoms with Gasteiger partial charge in [-0.25, -0.2) is 0 Å². The largest absolute Gasteiger partial charge is 0.394 e. The SMILES string of the molecule is CCCCC/C=C\C/C=C\C/C=C\C/C=C\CCCC(I)OC(CO)CO. The molecule has 4 heteroatoms. The van der Waals surface area contributed by atoms with E-state index in [4.69, 9.17) is 14.9 Å². The van der Waals surface area contributed by atoms with E-state index in [9.17, 15) is 0 Å². The van der Waals surface area contributed by atoms with E-state index in [1.165, 1.54) is 25.7 Å². The number of hydrogen-bond donors (Lipinski definition) is 2. The molecule has 0 radical (unpaired) electrons. The summed E-state index contributed by atoms with van der Waals surface area (Å²) >= 11 is 2.22. The molecule has 0 spiro atoms. The number of halogens is 1. The first-order chi connectivity index (χ1) is 13.2. The molecule has 1 unspecified atom stereocenters. The van der Waals surface area contributed by atoms with Crippen molar-refractivity contribution in [3.05, 3.63) is 48.6 Å². The van der Waals surface area contributed by atoms with Crippen LogP contribution in [0.3, 0.4) is 0 Å². The predicted octanol–water partition coefficient (Wildman–Crippen LogP) is 6.26. The smallest absolute Gasteiger partial charge is 0.109 e. The third-order valence-electron chi connectivity index (χ3n) is 4.01. The lowest BCUT2D eigenvalue weighted by Gasteiger charge is -2.17. The molecule has 0 saturated carbocycles. The first-order valence-electron chi connectivity index (χ1n) is 10.4. The maximum atomic E-state index is 8.98. The second-order valence-electron chi connectivity index (χ2n) is 6.55. The molecule has 3 nitrogen and oxygen atoms in total. The highest BCUT2D eigenvalue weighted by molar-refractivity contribution is 14.1. The fourth-order valence-corrected chi connectivity index (χ4v) is 3.23. The van der Waals surface area contributed by atoms with Gasteiger partial charge < -0.3 is 14.9 Å². The van der Waals surface area contributed by atoms with Crippen molar-refractivity contribution in [2.75, 3.05) is 13.2 Å². The van der Waals surface area contributed by atoms with Gasteiger partial charge >= 0.3 is 0 Å². The van der Waals surface area contributed by atoms with Gasteiger partial charge in [0.05, 0.1) is 13.2 Å². The lowest BCUT2D eigenvalue weighted by atomic mass is 10.2. The molecule has 0 fully saturated rings. The van der Waals surface area contributed by atoms with Crippen molar-refractivity contribution in [3.8, 4) is 0 Å². The first-order valence-corrected chi connectivity index (χ1v) is 11.6. The summed E-state index contributed by atoms with van der Waals surface area (Å²) < 4.78 is 5.56. The van der Waals surface area contributed by atoms with Crippen LogP contribution < -0.4 is 0 Å². The molecule has 0 aliphatic rings. The van der Waals surface area contributed by atoms with Gasteiger partial charge in [0.25, 0.3) is 0 Å². The third kappa shape index (κ3) is 20.1. The van der Waals surface area contributed by atoms with Gasteiger partial charge in [-0.05, 0) is 51.4 Å². The van der Waals surface area contributed by atoms with E-state index in [2.05, 4.69) is 78.1 Å². The summed E-state index contributed by atoms with van der Waals surface area (Å²) in [6, 6.07) is 0. The second-order valence-corrected chi connectivity index (χ2v) is 7.94. The van der Waals surface area contributed by atoms with Crippen molar-refractivity contribution in [2.45, 2.75) is 81.3 Å². The van der Waals surface area contributed by atoms with Crippen LogP contribution in [0.4, 0.5) is 0 Å². The Balaban J connectivity index is 3.53. The number of hydrogen-bond acceptors (Lipinski definition) is 3. The standard InChI is InChI=1S/C23H39IO3/c1-2-3-4-5-6-7-8-9-10-11-12-13-14-15-16-17-18-19-23(24)27-22(20-25)21-26/h6-7,9-10,12-13,15-16,22-23,25-26H,2-5,8,11,14,17-21H2,1H3/b7-6-,10-9-,13-12-,16-15-. The number of rotatable bonds is 18. The molecule has 0 aliphatic heterocycles. The Morgan fingerprint density at radius 1 is 0.741 bits per heavy atom. The lowest BCUT2D eigenvalue weighted by Crippen LogP contribution is -2.25. The Bertz CT molecular complexity index is 412. The summed E-state index contributed by atoms with van der Waals surface area (Å²) in [5.41, 5.74) is 0. The zero-order chi connectivity index (χ0) is 20.0. The number of ether oxygens (including phenoxy) is 1. The van der Waals surface area contributed by atoms with Gasteiger partial charge in [-0.3, -0.25) is 0 Å². The van der Waals surface area contributed by atoms with Gasteiger partial charge in [-0.2, -0.15) is 0 Å². The van der Waals surface area contributed by atoms with Crippen molar-refractivity contribution < 1.29 is 14.9 Å². The summed E-state index contributed by atoms with van der Waals surface area (Å²) in [6.45, 7) is 1.97. The second kappa shape index (κ2) is 21.9. The predicted molar refractivity (Wildman–Crippen MR) is 125 cm³/mol. The highest BCUT2D eigenvalue weighted by Gasteiger charge is 2.11. The van der Waals surface area contributed by atoms with Crippen molar-refractivity contribution in [1.29, 1.82) is 0 Å². The maximum Gasteiger partial charge on any atom is 0.109 e. The molecule has 0 bridgehead atoms. The Morgan fingerprint density at radius 2 is 1.22 bits per heavy atom. The van der Waals surface area contributed by atoms with Crippen LogP contribution in [0.5, 0.6) is 0 Å². The van der Waals surface area contributed by atoms with E-state index in [0.717, 1.165) is 38.5 Å². The fraction of sp³-hybridized carbons (Fsp3) is 0.652. The van der Waals surface area contributed by atoms with E-state index in [-0.39, 0.29) is 17.3 Å². The van der Waals surface area contributed by atoms with Gasteiger partial charge in [0.2, 0.25) is 0 Å². The van der Waals surface area contributed by atoms with Crippen LogP contribution in [0.25, 0.3) is 0 Å². The van der Waals surface area contributed by atoms with Crippen LogP contribution >= 0.6 is 22.6 Å². The van der Waals surface area contributed by atoms with Gasteiger partial charge in [0.1, 0.15) is 10.2 Å². The van der Waals surface area contributed by atoms with E-state index in [0.29, 0.717) is 0 Å². The van der Waals surface area contributed by atoms with Crippen LogP contribution in [0.1, 0.15) is 71.1 Å². The van der Waals surface area contributed by atoms with Gasteiger partial charge in [0, 0.05) is 0 Å². The third-order valence-corrected chi connectivity index (χ3v) is 4.92. The molecule has 2 N–H and O–H groups in total. The molecule has 156 valence electrons. The molecule has 0 aromatic heterocycles. The van der Waals surface area contributed by atoms with E-state index in [1.807, 2.05) is 0 Å². The van der Waals surface area contributed by atoms with Gasteiger partial charge in [0.15, 0.2) is 0 Å². The van der Waals surface area contributed by atoms with Crippen LogP contribution in [-0.2, 0) is 4.74 Å². The molecular formula is C23H39IO3. The van der Waals surface area contributed by atoms with Gasteiger partial charge in [-0.1, -0.05) is 91.0 Å². The first kappa shape index (κ1) is 26.6. The maximum absolute atomic E-state index is 8.98. The average Bonchev–Trinajstić information content (AvgIpc) is 2.68. The summed E-state index contributed by atoms with van der Waals surface area (Å²) in [4.78, 5) is 0. The van der Waals surface area contributed by atoms with Crippen molar-refractivity contribution in [3.63, 3.8) is 0 Å². The summed E-state index contributed by atoms with van der Waals surface area (Å²) in [5.74, 6) is 0. The summed E-state index contributed by atoms with van der Waals surface area (Å²) in [5, 5.41) is 18.0. The van der Waals surface area contributed by atoms with Crippen LogP contribution in [-0.4, -0.2) is 33.6 Å². The van der Waals surface area contributed by atoms with E-state index in [1.54, 1.807) is 0 Å². The minimum atomic E-state index is -0.455. The quantitative estimate of drug-likeness (QED) is 0.103. The number of unbranched alkanes of at least 4 members (excludes halogenated alkanes) is 4. The molecule has 0 aliphatic carbocycles.